The molecule has 0 aliphatic heterocycles. The van der Waals surface area contributed by atoms with E-state index in [2.05, 4.69) is 0 Å². The molecule has 1 heterocycles. The van der Waals surface area contributed by atoms with Gasteiger partial charge in [-0.05, 0) is 31.4 Å². The van der Waals surface area contributed by atoms with E-state index in [1.54, 1.807) is 12.1 Å². The average Bonchev–Trinajstić information content (AvgIpc) is 2.74. The van der Waals surface area contributed by atoms with Gasteiger partial charge < -0.3 is 14.8 Å². The maximum absolute atomic E-state index is 11.3. The smallest absolute Gasteiger partial charge is 0.337 e. The minimum Gasteiger partial charge on any atom is -0.478 e. The van der Waals surface area contributed by atoms with Crippen LogP contribution < -0.4 is 0 Å². The van der Waals surface area contributed by atoms with Crippen molar-refractivity contribution in [3.8, 4) is 0 Å². The zero-order valence-corrected chi connectivity index (χ0v) is 10.4. The molecule has 0 unspecified atom stereocenters. The van der Waals surface area contributed by atoms with Crippen LogP contribution in [0.1, 0.15) is 29.3 Å². The quantitative estimate of drug-likeness (QED) is 0.852. The van der Waals surface area contributed by atoms with E-state index in [-0.39, 0.29) is 6.61 Å². The molecule has 2 aromatic rings. The number of aromatic nitrogens is 1. The number of hydrogen-bond donors (Lipinski definition) is 2. The molecule has 0 bridgehead atoms. The topological polar surface area (TPSA) is 62.5 Å². The second kappa shape index (κ2) is 5.23. The molecule has 0 amide bonds. The highest BCUT2D eigenvalue weighted by Crippen LogP contribution is 2.26. The first-order valence-electron chi connectivity index (χ1n) is 6.14. The molecule has 0 aliphatic rings. The lowest BCUT2D eigenvalue weighted by Crippen LogP contribution is -2.01. The predicted octanol–water partition coefficient (Wildman–Crippen LogP) is 2.28. The maximum Gasteiger partial charge on any atom is 0.337 e. The summed E-state index contributed by atoms with van der Waals surface area (Å²) in [6, 6.07) is 5.35. The van der Waals surface area contributed by atoms with Crippen molar-refractivity contribution in [3.05, 3.63) is 35.5 Å². The van der Waals surface area contributed by atoms with Crippen LogP contribution in [0.15, 0.2) is 24.4 Å². The summed E-state index contributed by atoms with van der Waals surface area (Å²) in [6.07, 6.45) is 3.45. The lowest BCUT2D eigenvalue weighted by atomic mass is 10.1. The highest BCUT2D eigenvalue weighted by atomic mass is 16.4. The zero-order valence-electron chi connectivity index (χ0n) is 10.4. The first-order chi connectivity index (χ1) is 8.69. The zero-order chi connectivity index (χ0) is 13.1. The monoisotopic (exact) mass is 247 g/mol. The lowest BCUT2D eigenvalue weighted by Gasteiger charge is -2.03. The van der Waals surface area contributed by atoms with Crippen molar-refractivity contribution in [2.24, 2.45) is 0 Å². The van der Waals surface area contributed by atoms with Gasteiger partial charge >= 0.3 is 5.97 Å². The van der Waals surface area contributed by atoms with Gasteiger partial charge in [0.2, 0.25) is 0 Å². The number of fused-ring (bicyclic) bond motifs is 1. The third kappa shape index (κ3) is 2.11. The standard InChI is InChI=1S/C14H17NO3/c1-2-15-9-10(5-4-8-16)11-6-3-7-12(13(11)15)14(17)18/h3,6-7,9,16H,2,4-5,8H2,1H3,(H,17,18). The molecule has 0 atom stereocenters. The Bertz CT molecular complexity index is 572. The average molecular weight is 247 g/mol. The molecule has 18 heavy (non-hydrogen) atoms. The van der Waals surface area contributed by atoms with Crippen molar-refractivity contribution < 1.29 is 15.0 Å². The third-order valence-corrected chi connectivity index (χ3v) is 3.16. The number of aliphatic hydroxyl groups excluding tert-OH is 1. The molecule has 4 heteroatoms. The van der Waals surface area contributed by atoms with Crippen LogP contribution in [0.3, 0.4) is 0 Å². The van der Waals surface area contributed by atoms with Crippen LogP contribution >= 0.6 is 0 Å². The van der Waals surface area contributed by atoms with Gasteiger partial charge in [0, 0.05) is 24.7 Å². The highest BCUT2D eigenvalue weighted by Gasteiger charge is 2.14. The Balaban J connectivity index is 2.63. The third-order valence-electron chi connectivity index (χ3n) is 3.16. The van der Waals surface area contributed by atoms with Gasteiger partial charge in [-0.1, -0.05) is 12.1 Å². The Morgan fingerprint density at radius 3 is 2.78 bits per heavy atom. The Morgan fingerprint density at radius 1 is 1.39 bits per heavy atom. The van der Waals surface area contributed by atoms with Crippen molar-refractivity contribution in [2.45, 2.75) is 26.3 Å². The number of rotatable bonds is 5. The van der Waals surface area contributed by atoms with E-state index in [1.807, 2.05) is 23.8 Å². The van der Waals surface area contributed by atoms with E-state index >= 15 is 0 Å². The number of nitrogens with zero attached hydrogens (tertiary/aromatic N) is 1. The van der Waals surface area contributed by atoms with Crippen LogP contribution in [0.4, 0.5) is 0 Å². The molecule has 1 aromatic heterocycles. The van der Waals surface area contributed by atoms with Gasteiger partial charge in [-0.2, -0.15) is 0 Å². The summed E-state index contributed by atoms with van der Waals surface area (Å²) in [4.78, 5) is 11.3. The minimum absolute atomic E-state index is 0.150. The fourth-order valence-electron chi connectivity index (χ4n) is 2.32. The Morgan fingerprint density at radius 2 is 2.17 bits per heavy atom. The molecule has 0 radical (unpaired) electrons. The summed E-state index contributed by atoms with van der Waals surface area (Å²) < 4.78 is 1.96. The molecule has 96 valence electrons. The van der Waals surface area contributed by atoms with Crippen LogP contribution in [-0.2, 0) is 13.0 Å². The van der Waals surface area contributed by atoms with Gasteiger partial charge in [0.1, 0.15) is 0 Å². The van der Waals surface area contributed by atoms with Gasteiger partial charge in [-0.25, -0.2) is 4.79 Å². The molecule has 2 rings (SSSR count). The second-order valence-electron chi connectivity index (χ2n) is 4.27. The summed E-state index contributed by atoms with van der Waals surface area (Å²) in [5, 5.41) is 19.1. The van der Waals surface area contributed by atoms with Crippen molar-refractivity contribution in [1.82, 2.24) is 4.57 Å². The SMILES string of the molecule is CCn1cc(CCCO)c2cccc(C(=O)O)c21. The molecule has 0 saturated heterocycles. The molecule has 2 N–H and O–H groups in total. The lowest BCUT2D eigenvalue weighted by molar-refractivity contribution is 0.0698. The molecule has 0 fully saturated rings. The van der Waals surface area contributed by atoms with Gasteiger partial charge in [-0.15, -0.1) is 0 Å². The number of aryl methyl sites for hydroxylation is 2. The summed E-state index contributed by atoms with van der Waals surface area (Å²) >= 11 is 0. The molecule has 0 aliphatic carbocycles. The van der Waals surface area contributed by atoms with E-state index in [9.17, 15) is 9.90 Å². The Kier molecular flexibility index (Phi) is 3.67. The number of aliphatic hydroxyl groups is 1. The van der Waals surface area contributed by atoms with Gasteiger partial charge in [0.15, 0.2) is 0 Å². The number of carboxylic acid groups (broad SMARTS) is 1. The van der Waals surface area contributed by atoms with Crippen LogP contribution in [0.25, 0.3) is 10.9 Å². The van der Waals surface area contributed by atoms with Gasteiger partial charge in [0.05, 0.1) is 11.1 Å². The Hall–Kier alpha value is -1.81. The molecular formula is C14H17NO3. The van der Waals surface area contributed by atoms with Crippen LogP contribution in [0.5, 0.6) is 0 Å². The summed E-state index contributed by atoms with van der Waals surface area (Å²) in [5.74, 6) is -0.901. The molecule has 0 saturated carbocycles. The number of carboxylic acids is 1. The molecule has 4 nitrogen and oxygen atoms in total. The summed E-state index contributed by atoms with van der Waals surface area (Å²) in [7, 11) is 0. The van der Waals surface area contributed by atoms with Crippen LogP contribution in [0, 0.1) is 0 Å². The van der Waals surface area contributed by atoms with E-state index in [0.717, 1.165) is 29.4 Å². The van der Waals surface area contributed by atoms with Crippen molar-refractivity contribution >= 4 is 16.9 Å². The van der Waals surface area contributed by atoms with Crippen LogP contribution in [0.2, 0.25) is 0 Å². The van der Waals surface area contributed by atoms with Crippen molar-refractivity contribution in [1.29, 1.82) is 0 Å². The van der Waals surface area contributed by atoms with E-state index in [0.29, 0.717) is 12.0 Å². The minimum atomic E-state index is -0.901. The van der Waals surface area contributed by atoms with Gasteiger partial charge in [0.25, 0.3) is 0 Å². The van der Waals surface area contributed by atoms with Gasteiger partial charge in [-0.3, -0.25) is 0 Å². The first-order valence-corrected chi connectivity index (χ1v) is 6.14. The molecule has 1 aromatic carbocycles. The fraction of sp³-hybridized carbons (Fsp3) is 0.357. The van der Waals surface area contributed by atoms with E-state index in [4.69, 9.17) is 5.11 Å². The normalized spacial score (nSPS) is 11.0. The highest BCUT2D eigenvalue weighted by molar-refractivity contribution is 6.03. The first kappa shape index (κ1) is 12.6. The van der Waals surface area contributed by atoms with Crippen molar-refractivity contribution in [2.75, 3.05) is 6.61 Å². The fourth-order valence-corrected chi connectivity index (χ4v) is 2.32. The second-order valence-corrected chi connectivity index (χ2v) is 4.27. The Labute approximate surface area is 105 Å². The van der Waals surface area contributed by atoms with Crippen molar-refractivity contribution in [3.63, 3.8) is 0 Å². The largest absolute Gasteiger partial charge is 0.478 e. The number of para-hydroxylation sites is 1. The number of aromatic carboxylic acids is 1. The molecular weight excluding hydrogens is 230 g/mol. The van der Waals surface area contributed by atoms with E-state index < -0.39 is 5.97 Å². The maximum atomic E-state index is 11.3. The number of carbonyl (C=O) groups is 1. The predicted molar refractivity (Wildman–Crippen MR) is 70.0 cm³/mol. The molecule has 0 spiro atoms. The van der Waals surface area contributed by atoms with Crippen LogP contribution in [-0.4, -0.2) is 27.4 Å². The summed E-state index contributed by atoms with van der Waals surface area (Å²) in [5.41, 5.74) is 2.22. The summed E-state index contributed by atoms with van der Waals surface area (Å²) in [6.45, 7) is 2.88. The number of hydrogen-bond acceptors (Lipinski definition) is 2. The van der Waals surface area contributed by atoms with E-state index in [1.165, 1.54) is 0 Å². The number of benzene rings is 1.